The molecule has 0 N–H and O–H groups in total. The Morgan fingerprint density at radius 2 is 1.96 bits per heavy atom. The smallest absolute Gasteiger partial charge is 0.257 e. The van der Waals surface area contributed by atoms with E-state index in [1.165, 1.54) is 5.56 Å². The molecule has 6 heteroatoms. The molecule has 2 aromatic rings. The van der Waals surface area contributed by atoms with Gasteiger partial charge >= 0.3 is 0 Å². The fraction of sp³-hybridized carbons (Fsp3) is 0.571. The zero-order chi connectivity index (χ0) is 19.0. The Hall–Kier alpha value is -2.21. The lowest BCUT2D eigenvalue weighted by Crippen LogP contribution is -2.52. The number of amides is 1. The van der Waals surface area contributed by atoms with E-state index in [4.69, 9.17) is 4.52 Å². The average molecular weight is 368 g/mol. The van der Waals surface area contributed by atoms with E-state index in [1.807, 2.05) is 24.3 Å². The van der Waals surface area contributed by atoms with Crippen LogP contribution in [0.25, 0.3) is 11.5 Å². The van der Waals surface area contributed by atoms with Crippen molar-refractivity contribution in [3.05, 3.63) is 35.7 Å². The van der Waals surface area contributed by atoms with Gasteiger partial charge in [-0.05, 0) is 58.7 Å². The number of rotatable bonds is 4. The second-order valence-electron chi connectivity index (χ2n) is 8.32. The molecule has 1 aromatic carbocycles. The number of carbonyl (C=O) groups excluding carboxylic acids is 1. The summed E-state index contributed by atoms with van der Waals surface area (Å²) in [6, 6.07) is 8.35. The first-order chi connectivity index (χ1) is 13.0. The third kappa shape index (κ3) is 3.50. The van der Waals surface area contributed by atoms with Crippen molar-refractivity contribution < 1.29 is 9.32 Å². The Balaban J connectivity index is 1.43. The van der Waals surface area contributed by atoms with Crippen molar-refractivity contribution in [3.63, 3.8) is 0 Å². The largest absolute Gasteiger partial charge is 0.340 e. The van der Waals surface area contributed by atoms with Crippen LogP contribution >= 0.6 is 0 Å². The summed E-state index contributed by atoms with van der Waals surface area (Å²) >= 11 is 0. The number of aryl methyl sites for hydroxylation is 1. The molecule has 1 aromatic heterocycles. The van der Waals surface area contributed by atoms with E-state index in [2.05, 4.69) is 40.7 Å². The second-order valence-corrected chi connectivity index (χ2v) is 8.32. The van der Waals surface area contributed by atoms with Gasteiger partial charge < -0.3 is 9.42 Å². The summed E-state index contributed by atoms with van der Waals surface area (Å²) in [6.07, 6.45) is 3.02. The maximum atomic E-state index is 13.1. The highest BCUT2D eigenvalue weighted by Crippen LogP contribution is 2.41. The topological polar surface area (TPSA) is 62.5 Å². The van der Waals surface area contributed by atoms with E-state index < -0.39 is 0 Å². The van der Waals surface area contributed by atoms with Gasteiger partial charge in [-0.2, -0.15) is 4.98 Å². The number of benzene rings is 1. The maximum absolute atomic E-state index is 13.1. The molecule has 4 rings (SSSR count). The van der Waals surface area contributed by atoms with Crippen LogP contribution in [0.15, 0.2) is 28.8 Å². The van der Waals surface area contributed by atoms with E-state index >= 15 is 0 Å². The van der Waals surface area contributed by atoms with E-state index in [1.54, 1.807) is 0 Å². The molecular formula is C21H28N4O2. The number of likely N-dealkylation sites (tertiary alicyclic amines) is 2. The van der Waals surface area contributed by atoms with Crippen molar-refractivity contribution in [1.29, 1.82) is 0 Å². The lowest BCUT2D eigenvalue weighted by Gasteiger charge is -2.41. The van der Waals surface area contributed by atoms with Crippen LogP contribution in [-0.2, 0) is 11.3 Å². The van der Waals surface area contributed by atoms with Crippen molar-refractivity contribution in [2.75, 3.05) is 19.6 Å². The Morgan fingerprint density at radius 3 is 2.70 bits per heavy atom. The third-order valence-electron chi connectivity index (χ3n) is 5.96. The molecule has 1 unspecified atom stereocenters. The minimum Gasteiger partial charge on any atom is -0.340 e. The molecule has 6 nitrogen and oxygen atoms in total. The summed E-state index contributed by atoms with van der Waals surface area (Å²) in [5.74, 6) is 1.57. The fourth-order valence-corrected chi connectivity index (χ4v) is 4.40. The van der Waals surface area contributed by atoms with Gasteiger partial charge in [0.15, 0.2) is 5.82 Å². The molecule has 2 aliphatic rings. The molecule has 0 aliphatic carbocycles. The van der Waals surface area contributed by atoms with Crippen LogP contribution < -0.4 is 0 Å². The van der Waals surface area contributed by atoms with Crippen LogP contribution in [0.5, 0.6) is 0 Å². The lowest BCUT2D eigenvalue weighted by atomic mass is 9.78. The zero-order valence-electron chi connectivity index (χ0n) is 16.4. The summed E-state index contributed by atoms with van der Waals surface area (Å²) in [4.78, 5) is 22.0. The normalized spacial score (nSPS) is 23.7. The third-order valence-corrected chi connectivity index (χ3v) is 5.96. The molecule has 0 radical (unpaired) electrons. The number of piperidine rings is 1. The summed E-state index contributed by atoms with van der Waals surface area (Å²) < 4.78 is 5.44. The molecule has 2 saturated heterocycles. The molecule has 2 fully saturated rings. The maximum Gasteiger partial charge on any atom is 0.257 e. The van der Waals surface area contributed by atoms with Crippen molar-refractivity contribution in [2.24, 2.45) is 5.41 Å². The zero-order valence-corrected chi connectivity index (χ0v) is 16.4. The molecule has 1 amide bonds. The van der Waals surface area contributed by atoms with Crippen LogP contribution in [0.1, 0.15) is 44.5 Å². The Morgan fingerprint density at radius 1 is 1.19 bits per heavy atom. The second kappa shape index (κ2) is 7.08. The molecule has 3 heterocycles. The van der Waals surface area contributed by atoms with Gasteiger partial charge in [0.05, 0.1) is 12.0 Å². The highest BCUT2D eigenvalue weighted by molar-refractivity contribution is 5.84. The number of nitrogens with zero attached hydrogens (tertiary/aromatic N) is 4. The minimum atomic E-state index is -0.216. The SMILES string of the molecule is Cc1ccc(-c2nc(CN3CCC4(CCCN(C(C)C)C4=O)C3)no2)cc1. The van der Waals surface area contributed by atoms with Crippen molar-refractivity contribution in [2.45, 2.75) is 52.6 Å². The Bertz CT molecular complexity index is 814. The lowest BCUT2D eigenvalue weighted by molar-refractivity contribution is -0.147. The molecule has 0 saturated carbocycles. The van der Waals surface area contributed by atoms with Crippen molar-refractivity contribution in [1.82, 2.24) is 19.9 Å². The van der Waals surface area contributed by atoms with Crippen molar-refractivity contribution >= 4 is 5.91 Å². The highest BCUT2D eigenvalue weighted by Gasteiger charge is 2.48. The Kier molecular flexibility index (Phi) is 4.76. The van der Waals surface area contributed by atoms with Crippen LogP contribution in [0, 0.1) is 12.3 Å². The minimum absolute atomic E-state index is 0.216. The number of hydrogen-bond acceptors (Lipinski definition) is 5. The molecule has 27 heavy (non-hydrogen) atoms. The fourth-order valence-electron chi connectivity index (χ4n) is 4.40. The van der Waals surface area contributed by atoms with E-state index in [0.29, 0.717) is 24.2 Å². The van der Waals surface area contributed by atoms with Crippen molar-refractivity contribution in [3.8, 4) is 11.5 Å². The van der Waals surface area contributed by atoms with Crippen LogP contribution in [0.4, 0.5) is 0 Å². The first-order valence-electron chi connectivity index (χ1n) is 9.90. The molecule has 144 valence electrons. The van der Waals surface area contributed by atoms with Gasteiger partial charge in [-0.25, -0.2) is 0 Å². The first-order valence-corrected chi connectivity index (χ1v) is 9.90. The predicted molar refractivity (Wildman–Crippen MR) is 103 cm³/mol. The van der Waals surface area contributed by atoms with E-state index in [9.17, 15) is 4.79 Å². The summed E-state index contributed by atoms with van der Waals surface area (Å²) in [7, 11) is 0. The quantitative estimate of drug-likeness (QED) is 0.829. The molecule has 0 bridgehead atoms. The van der Waals surface area contributed by atoms with Gasteiger partial charge in [0.1, 0.15) is 0 Å². The van der Waals surface area contributed by atoms with Crippen LogP contribution in [-0.4, -0.2) is 51.5 Å². The predicted octanol–water partition coefficient (Wildman–Crippen LogP) is 3.27. The van der Waals surface area contributed by atoms with Gasteiger partial charge in [0.25, 0.3) is 5.89 Å². The molecular weight excluding hydrogens is 340 g/mol. The van der Waals surface area contributed by atoms with Gasteiger partial charge in [-0.1, -0.05) is 22.9 Å². The van der Waals surface area contributed by atoms with E-state index in [-0.39, 0.29) is 11.5 Å². The highest BCUT2D eigenvalue weighted by atomic mass is 16.5. The standard InChI is InChI=1S/C21H28N4O2/c1-15(2)25-11-4-9-21(20(25)26)10-12-24(14-21)13-18-22-19(27-23-18)17-7-5-16(3)6-8-17/h5-8,15H,4,9-14H2,1-3H3. The van der Waals surface area contributed by atoms with Gasteiger partial charge in [0, 0.05) is 24.7 Å². The average Bonchev–Trinajstić information content (AvgIpc) is 3.26. The monoisotopic (exact) mass is 368 g/mol. The number of hydrogen-bond donors (Lipinski definition) is 0. The summed E-state index contributed by atoms with van der Waals surface area (Å²) in [5, 5.41) is 4.15. The van der Waals surface area contributed by atoms with E-state index in [0.717, 1.165) is 44.5 Å². The molecule has 2 aliphatic heterocycles. The molecule has 1 atom stereocenters. The van der Waals surface area contributed by atoms with Gasteiger partial charge in [-0.15, -0.1) is 0 Å². The van der Waals surface area contributed by atoms with Crippen LogP contribution in [0.2, 0.25) is 0 Å². The van der Waals surface area contributed by atoms with Crippen LogP contribution in [0.3, 0.4) is 0 Å². The van der Waals surface area contributed by atoms with Gasteiger partial charge in [0.2, 0.25) is 5.91 Å². The Labute approximate surface area is 160 Å². The first kappa shape index (κ1) is 18.2. The molecule has 1 spiro atoms. The number of aromatic nitrogens is 2. The summed E-state index contributed by atoms with van der Waals surface area (Å²) in [5.41, 5.74) is 1.92. The van der Waals surface area contributed by atoms with Gasteiger partial charge in [-0.3, -0.25) is 9.69 Å². The summed E-state index contributed by atoms with van der Waals surface area (Å²) in [6.45, 7) is 9.49. The number of carbonyl (C=O) groups is 1.